The zero-order valence-corrected chi connectivity index (χ0v) is 17.6. The lowest BCUT2D eigenvalue weighted by molar-refractivity contribution is -0.119. The number of benzene rings is 2. The molecular weight excluding hydrogens is 406 g/mol. The van der Waals surface area contributed by atoms with E-state index in [4.69, 9.17) is 28.1 Å². The molecule has 9 nitrogen and oxygen atoms in total. The fourth-order valence-electron chi connectivity index (χ4n) is 3.10. The number of anilines is 1. The first-order chi connectivity index (χ1) is 15.0. The van der Waals surface area contributed by atoms with Crippen LogP contribution in [0, 0.1) is 0 Å². The molecule has 9 heteroatoms. The molecule has 0 aliphatic carbocycles. The number of carbonyl (C=O) groups excluding carboxylic acids is 2. The van der Waals surface area contributed by atoms with Crippen molar-refractivity contribution in [2.75, 3.05) is 40.4 Å². The summed E-state index contributed by atoms with van der Waals surface area (Å²) < 4.78 is 31.7. The van der Waals surface area contributed by atoms with Crippen molar-refractivity contribution in [2.24, 2.45) is 0 Å². The number of esters is 1. The van der Waals surface area contributed by atoms with Gasteiger partial charge >= 0.3 is 5.97 Å². The molecule has 0 aliphatic heterocycles. The molecule has 1 N–H and O–H groups in total. The Labute approximate surface area is 178 Å². The summed E-state index contributed by atoms with van der Waals surface area (Å²) in [5, 5.41) is 3.38. The quantitative estimate of drug-likeness (QED) is 0.516. The summed E-state index contributed by atoms with van der Waals surface area (Å²) in [6.07, 6.45) is 0. The van der Waals surface area contributed by atoms with E-state index in [0.717, 1.165) is 5.39 Å². The number of rotatable bonds is 9. The largest absolute Gasteiger partial charge is 0.493 e. The van der Waals surface area contributed by atoms with Gasteiger partial charge in [0, 0.05) is 35.9 Å². The molecule has 0 unspecified atom stereocenters. The van der Waals surface area contributed by atoms with E-state index in [9.17, 15) is 9.59 Å². The first kappa shape index (κ1) is 22.0. The van der Waals surface area contributed by atoms with Crippen LogP contribution in [0.3, 0.4) is 0 Å². The molecule has 0 radical (unpaired) electrons. The molecule has 0 saturated carbocycles. The summed E-state index contributed by atoms with van der Waals surface area (Å²) in [5.41, 5.74) is 1.48. The van der Waals surface area contributed by atoms with Gasteiger partial charge in [0.25, 0.3) is 5.91 Å². The number of furan rings is 1. The van der Waals surface area contributed by atoms with E-state index in [-0.39, 0.29) is 12.4 Å². The Morgan fingerprint density at radius 2 is 1.65 bits per heavy atom. The molecule has 3 aromatic rings. The number of methoxy groups -OCH3 is 4. The summed E-state index contributed by atoms with van der Waals surface area (Å²) in [6, 6.07) is 10.3. The first-order valence-corrected chi connectivity index (χ1v) is 9.28. The second-order valence-electron chi connectivity index (χ2n) is 6.38. The Bertz CT molecular complexity index is 1060. The molecule has 31 heavy (non-hydrogen) atoms. The summed E-state index contributed by atoms with van der Waals surface area (Å²) in [7, 11) is 5.93. The Morgan fingerprint density at radius 3 is 2.26 bits per heavy atom. The van der Waals surface area contributed by atoms with Crippen molar-refractivity contribution >= 4 is 28.5 Å². The third kappa shape index (κ3) is 4.72. The van der Waals surface area contributed by atoms with Crippen LogP contribution in [0.4, 0.5) is 5.69 Å². The highest BCUT2D eigenvalue weighted by atomic mass is 16.6. The van der Waals surface area contributed by atoms with Gasteiger partial charge in [0.2, 0.25) is 11.5 Å². The minimum Gasteiger partial charge on any atom is -0.493 e. The maximum absolute atomic E-state index is 12.5. The van der Waals surface area contributed by atoms with Crippen LogP contribution in [0.5, 0.6) is 17.2 Å². The van der Waals surface area contributed by atoms with Gasteiger partial charge in [-0.2, -0.15) is 0 Å². The SMILES string of the molecule is COCc1c(C(=O)OCC(=O)Nc2cc(OC)c(OC)c(OC)c2)oc2ccccc12. The van der Waals surface area contributed by atoms with E-state index in [1.807, 2.05) is 12.1 Å². The maximum Gasteiger partial charge on any atom is 0.375 e. The van der Waals surface area contributed by atoms with Gasteiger partial charge in [-0.3, -0.25) is 4.79 Å². The zero-order valence-electron chi connectivity index (χ0n) is 17.6. The summed E-state index contributed by atoms with van der Waals surface area (Å²) in [5.74, 6) is -0.162. The lowest BCUT2D eigenvalue weighted by Crippen LogP contribution is -2.21. The lowest BCUT2D eigenvalue weighted by atomic mass is 10.1. The number of hydrogen-bond donors (Lipinski definition) is 1. The van der Waals surface area contributed by atoms with Gasteiger partial charge in [-0.25, -0.2) is 4.79 Å². The highest BCUT2D eigenvalue weighted by molar-refractivity contribution is 5.98. The highest BCUT2D eigenvalue weighted by Crippen LogP contribution is 2.39. The molecular formula is C22H23NO8. The van der Waals surface area contributed by atoms with Gasteiger partial charge in [0.1, 0.15) is 5.58 Å². The van der Waals surface area contributed by atoms with Gasteiger partial charge in [-0.1, -0.05) is 18.2 Å². The number of fused-ring (bicyclic) bond motifs is 1. The molecule has 0 aliphatic rings. The number of hydrogen-bond acceptors (Lipinski definition) is 8. The van der Waals surface area contributed by atoms with E-state index in [1.165, 1.54) is 28.4 Å². The van der Waals surface area contributed by atoms with Crippen LogP contribution in [-0.4, -0.2) is 46.9 Å². The minimum atomic E-state index is -0.761. The Hall–Kier alpha value is -3.72. The second-order valence-corrected chi connectivity index (χ2v) is 6.38. The van der Waals surface area contributed by atoms with Crippen molar-refractivity contribution in [1.82, 2.24) is 0 Å². The van der Waals surface area contributed by atoms with Crippen LogP contribution in [-0.2, 0) is 20.9 Å². The van der Waals surface area contributed by atoms with Crippen LogP contribution < -0.4 is 19.5 Å². The molecule has 1 amide bonds. The van der Waals surface area contributed by atoms with Crippen LogP contribution >= 0.6 is 0 Å². The van der Waals surface area contributed by atoms with Crippen LogP contribution in [0.1, 0.15) is 16.1 Å². The summed E-state index contributed by atoms with van der Waals surface area (Å²) >= 11 is 0. The number of nitrogens with one attached hydrogen (secondary N) is 1. The van der Waals surface area contributed by atoms with E-state index >= 15 is 0 Å². The van der Waals surface area contributed by atoms with Gasteiger partial charge in [0.05, 0.1) is 27.9 Å². The average molecular weight is 429 g/mol. The molecule has 0 bridgehead atoms. The molecule has 0 fully saturated rings. The van der Waals surface area contributed by atoms with Crippen molar-refractivity contribution in [3.63, 3.8) is 0 Å². The Balaban J connectivity index is 1.71. The number of ether oxygens (including phenoxy) is 5. The average Bonchev–Trinajstić information content (AvgIpc) is 3.15. The molecule has 0 atom stereocenters. The molecule has 1 aromatic heterocycles. The highest BCUT2D eigenvalue weighted by Gasteiger charge is 2.23. The van der Waals surface area contributed by atoms with Crippen molar-refractivity contribution in [2.45, 2.75) is 6.61 Å². The normalized spacial score (nSPS) is 10.6. The van der Waals surface area contributed by atoms with Crippen LogP contribution in [0.15, 0.2) is 40.8 Å². The van der Waals surface area contributed by atoms with Crippen molar-refractivity contribution in [3.05, 3.63) is 47.7 Å². The monoisotopic (exact) mass is 429 g/mol. The zero-order chi connectivity index (χ0) is 22.4. The number of amides is 1. The Kier molecular flexibility index (Phi) is 6.99. The predicted octanol–water partition coefficient (Wildman–Crippen LogP) is 3.40. The topological polar surface area (TPSA) is 105 Å². The fraction of sp³-hybridized carbons (Fsp3) is 0.273. The van der Waals surface area contributed by atoms with E-state index < -0.39 is 18.5 Å². The number of para-hydroxylation sites is 1. The van der Waals surface area contributed by atoms with Gasteiger partial charge in [0.15, 0.2) is 18.1 Å². The third-order valence-corrected chi connectivity index (χ3v) is 4.46. The molecule has 1 heterocycles. The fourth-order valence-corrected chi connectivity index (χ4v) is 3.10. The van der Waals surface area contributed by atoms with Gasteiger partial charge < -0.3 is 33.4 Å². The molecule has 164 valence electrons. The Morgan fingerprint density at radius 1 is 0.968 bits per heavy atom. The maximum atomic E-state index is 12.5. The summed E-state index contributed by atoms with van der Waals surface area (Å²) in [6.45, 7) is -0.349. The smallest absolute Gasteiger partial charge is 0.375 e. The standard InChI is InChI=1S/C22H23NO8/c1-26-11-15-14-7-5-6-8-16(14)31-20(15)22(25)30-12-19(24)23-13-9-17(27-2)21(29-4)18(10-13)28-3/h5-10H,11-12H2,1-4H3,(H,23,24). The van der Waals surface area contributed by atoms with Gasteiger partial charge in [-0.15, -0.1) is 0 Å². The number of carbonyl (C=O) groups is 2. The summed E-state index contributed by atoms with van der Waals surface area (Å²) in [4.78, 5) is 24.9. The third-order valence-electron chi connectivity index (χ3n) is 4.46. The minimum absolute atomic E-state index is 0.00337. The predicted molar refractivity (Wildman–Crippen MR) is 112 cm³/mol. The van der Waals surface area contributed by atoms with Crippen molar-refractivity contribution in [3.8, 4) is 17.2 Å². The molecule has 2 aromatic carbocycles. The second kappa shape index (κ2) is 9.86. The molecule has 0 spiro atoms. The molecule has 3 rings (SSSR count). The van der Waals surface area contributed by atoms with Crippen molar-refractivity contribution < 1.29 is 37.7 Å². The first-order valence-electron chi connectivity index (χ1n) is 9.28. The molecule has 0 saturated heterocycles. The van der Waals surface area contributed by atoms with E-state index in [2.05, 4.69) is 5.32 Å². The van der Waals surface area contributed by atoms with Gasteiger partial charge in [-0.05, 0) is 6.07 Å². The van der Waals surface area contributed by atoms with Crippen molar-refractivity contribution in [1.29, 1.82) is 0 Å². The van der Waals surface area contributed by atoms with Crippen LogP contribution in [0.2, 0.25) is 0 Å². The van der Waals surface area contributed by atoms with E-state index in [0.29, 0.717) is 34.1 Å². The lowest BCUT2D eigenvalue weighted by Gasteiger charge is -2.14. The van der Waals surface area contributed by atoms with Crippen LogP contribution in [0.25, 0.3) is 11.0 Å². The van der Waals surface area contributed by atoms with E-state index in [1.54, 1.807) is 24.3 Å².